The zero-order chi connectivity index (χ0) is 26.6. The molecule has 2 aliphatic carbocycles. The Hall–Kier alpha value is -1.97. The van der Waals surface area contributed by atoms with Gasteiger partial charge in [-0.1, -0.05) is 6.58 Å². The molecule has 1 saturated carbocycles. The minimum absolute atomic E-state index is 0.267. The van der Waals surface area contributed by atoms with Crippen molar-refractivity contribution in [3.63, 3.8) is 0 Å². The molecular formula is C28H41BrN2O6. The first-order valence-corrected chi connectivity index (χ1v) is 14.1. The smallest absolute Gasteiger partial charge is 0.410 e. The minimum atomic E-state index is -0.533. The molecule has 2 aliphatic heterocycles. The summed E-state index contributed by atoms with van der Waals surface area (Å²) in [5, 5.41) is 0. The number of hydrogen-bond acceptors (Lipinski definition) is 7. The second-order valence-corrected chi connectivity index (χ2v) is 11.7. The first-order chi connectivity index (χ1) is 17.7. The van der Waals surface area contributed by atoms with Crippen molar-refractivity contribution in [2.75, 3.05) is 53.2 Å². The van der Waals surface area contributed by atoms with Crippen molar-refractivity contribution >= 4 is 22.0 Å². The zero-order valence-electron chi connectivity index (χ0n) is 22.6. The summed E-state index contributed by atoms with van der Waals surface area (Å²) in [6.45, 7) is 14.1. The monoisotopic (exact) mass is 580 g/mol. The molecule has 0 spiro atoms. The third-order valence-electron chi connectivity index (χ3n) is 6.77. The summed E-state index contributed by atoms with van der Waals surface area (Å²) in [5.74, 6) is 1.80. The lowest BCUT2D eigenvalue weighted by Crippen LogP contribution is -2.50. The quantitative estimate of drug-likeness (QED) is 0.326. The molecule has 0 bridgehead atoms. The number of amides is 1. The van der Waals surface area contributed by atoms with Crippen LogP contribution in [0.1, 0.15) is 52.9 Å². The molecule has 37 heavy (non-hydrogen) atoms. The molecule has 1 unspecified atom stereocenters. The van der Waals surface area contributed by atoms with E-state index >= 15 is 0 Å². The number of allylic oxidation sites excluding steroid dienone is 3. The average molecular weight is 582 g/mol. The lowest BCUT2D eigenvalue weighted by atomic mass is 10.1. The lowest BCUT2D eigenvalue weighted by molar-refractivity contribution is -0.0371. The Bertz CT molecular complexity index is 962. The standard InChI is InChI=1S/C28H41BrN2O6/c1-19(24-18-30(12-16-35-24)27(32)37-28(2,3)4)31(21-8-9-21)17-20-7-10-23-22(11-15-34-23)26(25(20)29)36-14-6-13-33-5/h10,21,24H,1,6-9,11-18H2,2-5H3. The van der Waals surface area contributed by atoms with E-state index in [4.69, 9.17) is 23.7 Å². The topological polar surface area (TPSA) is 69.7 Å². The second-order valence-electron chi connectivity index (χ2n) is 10.9. The first kappa shape index (κ1) is 28.0. The molecule has 2 heterocycles. The van der Waals surface area contributed by atoms with Crippen LogP contribution in [0.5, 0.6) is 0 Å². The van der Waals surface area contributed by atoms with Crippen LogP contribution < -0.4 is 0 Å². The maximum absolute atomic E-state index is 12.7. The number of rotatable bonds is 10. The van der Waals surface area contributed by atoms with E-state index in [9.17, 15) is 4.79 Å². The molecule has 0 aromatic rings. The number of fused-ring (bicyclic) bond motifs is 1. The van der Waals surface area contributed by atoms with Crippen LogP contribution in [-0.2, 0) is 23.7 Å². The van der Waals surface area contributed by atoms with Gasteiger partial charge in [0.15, 0.2) is 0 Å². The molecule has 4 aliphatic rings. The fraction of sp³-hybridized carbons (Fsp3) is 0.679. The molecule has 0 N–H and O–H groups in total. The molecule has 8 nitrogen and oxygen atoms in total. The maximum atomic E-state index is 12.7. The highest BCUT2D eigenvalue weighted by atomic mass is 79.9. The number of carbonyl (C=O) groups is 1. The van der Waals surface area contributed by atoms with Crippen LogP contribution in [-0.4, -0.2) is 86.8 Å². The molecule has 206 valence electrons. The van der Waals surface area contributed by atoms with E-state index in [1.54, 1.807) is 12.0 Å². The first-order valence-electron chi connectivity index (χ1n) is 13.3. The summed E-state index contributed by atoms with van der Waals surface area (Å²) in [4.78, 5) is 16.8. The van der Waals surface area contributed by atoms with Gasteiger partial charge in [0.1, 0.15) is 23.2 Å². The number of hydrogen-bond donors (Lipinski definition) is 0. The number of nitrogens with zero attached hydrogens (tertiary/aromatic N) is 2. The average Bonchev–Trinajstić information content (AvgIpc) is 3.61. The van der Waals surface area contributed by atoms with Crippen LogP contribution in [0, 0.1) is 0 Å². The third kappa shape index (κ3) is 7.33. The van der Waals surface area contributed by atoms with Crippen LogP contribution in [0.15, 0.2) is 45.5 Å². The molecule has 0 aromatic carbocycles. The van der Waals surface area contributed by atoms with Crippen LogP contribution in [0.2, 0.25) is 0 Å². The highest BCUT2D eigenvalue weighted by Crippen LogP contribution is 2.40. The predicted molar refractivity (Wildman–Crippen MR) is 145 cm³/mol. The Morgan fingerprint density at radius 2 is 2.05 bits per heavy atom. The number of morpholine rings is 1. The highest BCUT2D eigenvalue weighted by molar-refractivity contribution is 9.12. The summed E-state index contributed by atoms with van der Waals surface area (Å²) < 4.78 is 30.1. The van der Waals surface area contributed by atoms with Crippen molar-refractivity contribution in [2.45, 2.75) is 70.6 Å². The van der Waals surface area contributed by atoms with Crippen molar-refractivity contribution in [3.8, 4) is 0 Å². The summed E-state index contributed by atoms with van der Waals surface area (Å²) in [7, 11) is 1.70. The zero-order valence-corrected chi connectivity index (χ0v) is 24.2. The van der Waals surface area contributed by atoms with Crippen molar-refractivity contribution in [2.24, 2.45) is 0 Å². The minimum Gasteiger partial charge on any atom is -0.493 e. The molecular weight excluding hydrogens is 540 g/mol. The van der Waals surface area contributed by atoms with Crippen molar-refractivity contribution < 1.29 is 28.5 Å². The highest BCUT2D eigenvalue weighted by Gasteiger charge is 2.37. The van der Waals surface area contributed by atoms with Crippen molar-refractivity contribution in [1.82, 2.24) is 9.80 Å². The molecule has 2 saturated heterocycles. The van der Waals surface area contributed by atoms with E-state index in [1.807, 2.05) is 20.8 Å². The lowest BCUT2D eigenvalue weighted by Gasteiger charge is -2.39. The molecule has 3 fully saturated rings. The van der Waals surface area contributed by atoms with Gasteiger partial charge in [0, 0.05) is 57.0 Å². The Balaban J connectivity index is 1.49. The third-order valence-corrected chi connectivity index (χ3v) is 7.69. The Labute approximate surface area is 229 Å². The molecule has 9 heteroatoms. The van der Waals surface area contributed by atoms with Crippen LogP contribution in [0.25, 0.3) is 0 Å². The van der Waals surface area contributed by atoms with E-state index in [1.165, 1.54) is 5.57 Å². The van der Waals surface area contributed by atoms with Gasteiger partial charge in [-0.25, -0.2) is 4.79 Å². The molecule has 0 radical (unpaired) electrons. The maximum Gasteiger partial charge on any atom is 0.410 e. The van der Waals surface area contributed by atoms with Gasteiger partial charge in [-0.2, -0.15) is 0 Å². The molecule has 0 aromatic heterocycles. The summed E-state index contributed by atoms with van der Waals surface area (Å²) in [6.07, 6.45) is 6.26. The number of methoxy groups -OCH3 is 1. The van der Waals surface area contributed by atoms with Gasteiger partial charge in [0.2, 0.25) is 0 Å². The summed E-state index contributed by atoms with van der Waals surface area (Å²) in [6, 6.07) is 0.422. The largest absolute Gasteiger partial charge is 0.493 e. The number of carbonyl (C=O) groups excluding carboxylic acids is 1. The van der Waals surface area contributed by atoms with Gasteiger partial charge in [-0.3, -0.25) is 0 Å². The van der Waals surface area contributed by atoms with Crippen molar-refractivity contribution in [1.29, 1.82) is 0 Å². The Morgan fingerprint density at radius 1 is 1.27 bits per heavy atom. The van der Waals surface area contributed by atoms with Gasteiger partial charge < -0.3 is 33.5 Å². The summed E-state index contributed by atoms with van der Waals surface area (Å²) >= 11 is 3.90. The van der Waals surface area contributed by atoms with Crippen LogP contribution in [0.4, 0.5) is 4.79 Å². The van der Waals surface area contributed by atoms with Gasteiger partial charge >= 0.3 is 6.09 Å². The van der Waals surface area contributed by atoms with Gasteiger partial charge in [-0.15, -0.1) is 0 Å². The van der Waals surface area contributed by atoms with E-state index < -0.39 is 5.60 Å². The molecule has 4 rings (SSSR count). The van der Waals surface area contributed by atoms with E-state index in [0.29, 0.717) is 52.1 Å². The van der Waals surface area contributed by atoms with Gasteiger partial charge in [0.25, 0.3) is 0 Å². The van der Waals surface area contributed by atoms with Gasteiger partial charge in [-0.05, 0) is 67.6 Å². The SMILES string of the molecule is C=C(C1CN(C(=O)OC(C)(C)C)CCO1)N(CC1=C(Br)C(OCCCOC)=C2CCOC2=CC1)C1CC1. The fourth-order valence-corrected chi connectivity index (χ4v) is 5.37. The molecule has 1 atom stereocenters. The van der Waals surface area contributed by atoms with E-state index in [0.717, 1.165) is 59.4 Å². The van der Waals surface area contributed by atoms with E-state index in [2.05, 4.69) is 33.5 Å². The molecule has 1 amide bonds. The Morgan fingerprint density at radius 3 is 2.76 bits per heavy atom. The second kappa shape index (κ2) is 12.3. The van der Waals surface area contributed by atoms with Crippen molar-refractivity contribution in [3.05, 3.63) is 45.5 Å². The summed E-state index contributed by atoms with van der Waals surface area (Å²) in [5.41, 5.74) is 2.72. The normalized spacial score (nSPS) is 22.2. The number of halogens is 1. The fourth-order valence-electron chi connectivity index (χ4n) is 4.73. The van der Waals surface area contributed by atoms with E-state index in [-0.39, 0.29) is 12.2 Å². The number of ether oxygens (including phenoxy) is 5. The van der Waals surface area contributed by atoms with Crippen LogP contribution in [0.3, 0.4) is 0 Å². The predicted octanol–water partition coefficient (Wildman–Crippen LogP) is 5.26. The van der Waals surface area contributed by atoms with Gasteiger partial charge in [0.05, 0.1) is 30.8 Å². The Kier molecular flexibility index (Phi) is 9.29. The van der Waals surface area contributed by atoms with Crippen LogP contribution >= 0.6 is 15.9 Å².